The number of carbonyl (C=O) groups is 5. The number of phenolic OH excluding ortho intramolecular Hbond substituents is 1. The first-order valence-electron chi connectivity index (χ1n) is 18.9. The van der Waals surface area contributed by atoms with Crippen LogP contribution in [0.3, 0.4) is 0 Å². The molecule has 2 aliphatic heterocycles. The van der Waals surface area contributed by atoms with E-state index in [2.05, 4.69) is 0 Å². The lowest BCUT2D eigenvalue weighted by molar-refractivity contribution is -0.131. The molecule has 6 atom stereocenters. The molecule has 2 aliphatic carbocycles. The molecule has 1 saturated carbocycles. The first kappa shape index (κ1) is 35.1. The van der Waals surface area contributed by atoms with E-state index in [1.807, 2.05) is 48.5 Å². The molecule has 278 valence electrons. The number of anilines is 2. The van der Waals surface area contributed by atoms with Gasteiger partial charge in [-0.3, -0.25) is 28.9 Å². The molecule has 2 saturated heterocycles. The van der Waals surface area contributed by atoms with Gasteiger partial charge in [0.05, 0.1) is 34.5 Å². The SMILES string of the molecule is C[C@@]12C(=O)N(c3ccccc3)C(=O)[C@@H]1C[C@@H]1C(=CC[C@@H]3C(=O)N(c4ccc(C(=O)c5ccccc5)cc4)C(=O)[C@@H]31)[C@@H]2c1ccc(OCc2ccccc2)cc1O. The molecule has 2 heterocycles. The Hall–Kier alpha value is -6.61. The van der Waals surface area contributed by atoms with Crippen molar-refractivity contribution in [2.75, 3.05) is 9.80 Å². The average molecular weight is 743 g/mol. The number of fused-ring (bicyclic) bond motifs is 4. The summed E-state index contributed by atoms with van der Waals surface area (Å²) in [7, 11) is 0. The number of hydrogen-bond donors (Lipinski definition) is 1. The molecule has 0 radical (unpaired) electrons. The van der Waals surface area contributed by atoms with Crippen molar-refractivity contribution in [3.8, 4) is 11.5 Å². The highest BCUT2D eigenvalue weighted by Gasteiger charge is 2.68. The topological polar surface area (TPSA) is 121 Å². The first-order valence-corrected chi connectivity index (χ1v) is 18.9. The number of allylic oxidation sites excluding steroid dienone is 2. The monoisotopic (exact) mass is 742 g/mol. The second-order valence-electron chi connectivity index (χ2n) is 15.2. The fraction of sp³-hybridized carbons (Fsp3) is 0.213. The molecule has 4 amide bonds. The molecule has 0 aromatic heterocycles. The van der Waals surface area contributed by atoms with Gasteiger partial charge in [-0.2, -0.15) is 0 Å². The smallest absolute Gasteiger partial charge is 0.241 e. The maximum atomic E-state index is 14.7. The standard InChI is InChI=1S/C47H38N2O7/c1-47-38(44(53)49(46(47)55)31-15-9-4-10-16-31)26-37-34(41(47)35-22-21-33(25-39(35)50)56-27-28-11-5-2-6-12-28)23-24-36-40(37)45(54)48(43(36)52)32-19-17-30(18-20-32)42(51)29-13-7-3-8-14-29/h2-23,25,36-38,40-41,50H,24,26-27H2,1H3/t36-,37+,38-,40-,41+,47+/m0/s1. The molecule has 1 N–H and O–H groups in total. The maximum absolute atomic E-state index is 14.7. The number of aromatic hydroxyl groups is 1. The maximum Gasteiger partial charge on any atom is 0.241 e. The predicted molar refractivity (Wildman–Crippen MR) is 209 cm³/mol. The zero-order valence-electron chi connectivity index (χ0n) is 30.6. The number of amides is 4. The second kappa shape index (κ2) is 13.6. The third-order valence-corrected chi connectivity index (χ3v) is 12.3. The van der Waals surface area contributed by atoms with Gasteiger partial charge in [-0.25, -0.2) is 4.90 Å². The molecular weight excluding hydrogens is 705 g/mol. The third-order valence-electron chi connectivity index (χ3n) is 12.3. The molecule has 9 rings (SSSR count). The van der Waals surface area contributed by atoms with E-state index in [1.54, 1.807) is 91.9 Å². The number of para-hydroxylation sites is 1. The molecule has 0 spiro atoms. The molecule has 3 fully saturated rings. The minimum Gasteiger partial charge on any atom is -0.508 e. The number of ether oxygens (including phenoxy) is 1. The number of phenols is 1. The highest BCUT2D eigenvalue weighted by atomic mass is 16.5. The van der Waals surface area contributed by atoms with Crippen LogP contribution in [0.4, 0.5) is 11.4 Å². The molecule has 56 heavy (non-hydrogen) atoms. The summed E-state index contributed by atoms with van der Waals surface area (Å²) < 4.78 is 6.02. The Morgan fingerprint density at radius 3 is 2.02 bits per heavy atom. The predicted octanol–water partition coefficient (Wildman–Crippen LogP) is 7.64. The van der Waals surface area contributed by atoms with E-state index in [-0.39, 0.29) is 54.6 Å². The van der Waals surface area contributed by atoms with Crippen molar-refractivity contribution in [1.82, 2.24) is 0 Å². The van der Waals surface area contributed by atoms with Crippen molar-refractivity contribution in [1.29, 1.82) is 0 Å². The van der Waals surface area contributed by atoms with Crippen molar-refractivity contribution in [3.05, 3.63) is 167 Å². The van der Waals surface area contributed by atoms with E-state index in [9.17, 15) is 29.1 Å². The number of ketones is 1. The molecule has 5 aromatic carbocycles. The highest BCUT2D eigenvalue weighted by molar-refractivity contribution is 6.25. The second-order valence-corrected chi connectivity index (χ2v) is 15.2. The summed E-state index contributed by atoms with van der Waals surface area (Å²) in [6.07, 6.45) is 2.39. The molecular formula is C47H38N2O7. The van der Waals surface area contributed by atoms with Crippen LogP contribution >= 0.6 is 0 Å². The van der Waals surface area contributed by atoms with Gasteiger partial charge in [-0.1, -0.05) is 96.6 Å². The Bertz CT molecular complexity index is 2430. The lowest BCUT2D eigenvalue weighted by Gasteiger charge is -2.49. The molecule has 0 unspecified atom stereocenters. The molecule has 4 aliphatic rings. The molecule has 9 nitrogen and oxygen atoms in total. The van der Waals surface area contributed by atoms with E-state index in [4.69, 9.17) is 4.74 Å². The Labute approximate surface area is 323 Å². The largest absolute Gasteiger partial charge is 0.508 e. The van der Waals surface area contributed by atoms with E-state index < -0.39 is 35.0 Å². The van der Waals surface area contributed by atoms with Gasteiger partial charge in [-0.15, -0.1) is 0 Å². The van der Waals surface area contributed by atoms with Gasteiger partial charge in [0.2, 0.25) is 23.6 Å². The summed E-state index contributed by atoms with van der Waals surface area (Å²) in [6, 6.07) is 38.8. The number of nitrogens with zero attached hydrogens (tertiary/aromatic N) is 2. The van der Waals surface area contributed by atoms with E-state index in [1.165, 1.54) is 15.9 Å². The third kappa shape index (κ3) is 5.48. The number of carbonyl (C=O) groups excluding carboxylic acids is 5. The van der Waals surface area contributed by atoms with E-state index >= 15 is 0 Å². The van der Waals surface area contributed by atoms with Crippen LogP contribution in [0.1, 0.15) is 52.7 Å². The molecule has 9 heteroatoms. The summed E-state index contributed by atoms with van der Waals surface area (Å²) >= 11 is 0. The van der Waals surface area contributed by atoms with Gasteiger partial charge in [0.25, 0.3) is 0 Å². The van der Waals surface area contributed by atoms with Crippen LogP contribution in [0.5, 0.6) is 11.5 Å². The zero-order valence-corrected chi connectivity index (χ0v) is 30.6. The van der Waals surface area contributed by atoms with Gasteiger partial charge >= 0.3 is 0 Å². The van der Waals surface area contributed by atoms with E-state index in [0.717, 1.165) is 11.1 Å². The van der Waals surface area contributed by atoms with Crippen LogP contribution in [0.15, 0.2) is 145 Å². The lowest BCUT2D eigenvalue weighted by Crippen LogP contribution is -2.48. The Morgan fingerprint density at radius 1 is 0.714 bits per heavy atom. The summed E-state index contributed by atoms with van der Waals surface area (Å²) in [6.45, 7) is 2.08. The van der Waals surface area contributed by atoms with Gasteiger partial charge in [-0.05, 0) is 73.7 Å². The number of hydrogen-bond acceptors (Lipinski definition) is 7. The minimum atomic E-state index is -1.31. The summed E-state index contributed by atoms with van der Waals surface area (Å²) in [4.78, 5) is 73.5. The number of rotatable bonds is 8. The van der Waals surface area contributed by atoms with Crippen LogP contribution in [-0.4, -0.2) is 34.5 Å². The van der Waals surface area contributed by atoms with Gasteiger partial charge in [0.15, 0.2) is 5.78 Å². The molecule has 0 bridgehead atoms. The average Bonchev–Trinajstić information content (AvgIpc) is 3.60. The summed E-state index contributed by atoms with van der Waals surface area (Å²) in [5.74, 6) is -4.94. The van der Waals surface area contributed by atoms with Crippen LogP contribution < -0.4 is 14.5 Å². The van der Waals surface area contributed by atoms with Crippen LogP contribution in [-0.2, 0) is 25.8 Å². The van der Waals surface area contributed by atoms with Gasteiger partial charge in [0, 0.05) is 28.7 Å². The van der Waals surface area contributed by atoms with E-state index in [0.29, 0.717) is 33.8 Å². The molecule has 5 aromatic rings. The van der Waals surface area contributed by atoms with Crippen molar-refractivity contribution in [2.24, 2.45) is 29.1 Å². The number of imide groups is 2. The van der Waals surface area contributed by atoms with Crippen molar-refractivity contribution in [3.63, 3.8) is 0 Å². The summed E-state index contributed by atoms with van der Waals surface area (Å²) in [5.41, 5.74) is 2.64. The Morgan fingerprint density at radius 2 is 1.34 bits per heavy atom. The minimum absolute atomic E-state index is 0.0942. The van der Waals surface area contributed by atoms with Crippen LogP contribution in [0, 0.1) is 29.1 Å². The van der Waals surface area contributed by atoms with Gasteiger partial charge in [0.1, 0.15) is 18.1 Å². The normalized spacial score (nSPS) is 25.4. The summed E-state index contributed by atoms with van der Waals surface area (Å²) in [5, 5.41) is 11.7. The van der Waals surface area contributed by atoms with Crippen molar-refractivity contribution in [2.45, 2.75) is 32.3 Å². The van der Waals surface area contributed by atoms with Crippen molar-refractivity contribution < 1.29 is 33.8 Å². The lowest BCUT2D eigenvalue weighted by atomic mass is 9.51. The Kier molecular flexibility index (Phi) is 8.53. The van der Waals surface area contributed by atoms with Gasteiger partial charge < -0.3 is 9.84 Å². The highest BCUT2D eigenvalue weighted by Crippen LogP contribution is 2.64. The quantitative estimate of drug-likeness (QED) is 0.0986. The zero-order chi connectivity index (χ0) is 38.7. The van der Waals surface area contributed by atoms with Crippen molar-refractivity contribution >= 4 is 40.8 Å². The first-order chi connectivity index (χ1) is 27.2. The van der Waals surface area contributed by atoms with Crippen LogP contribution in [0.2, 0.25) is 0 Å². The fourth-order valence-corrected chi connectivity index (χ4v) is 9.55. The van der Waals surface area contributed by atoms with Crippen LogP contribution in [0.25, 0.3) is 0 Å². The fourth-order valence-electron chi connectivity index (χ4n) is 9.55. The Balaban J connectivity index is 1.08. The number of benzene rings is 5.